The topological polar surface area (TPSA) is 128 Å². The number of sulfone groups is 1. The fourth-order valence-electron chi connectivity index (χ4n) is 2.52. The summed E-state index contributed by atoms with van der Waals surface area (Å²) in [5, 5.41) is 0. The molecule has 1 atom stereocenters. The van der Waals surface area contributed by atoms with Crippen LogP contribution in [-0.4, -0.2) is 51.4 Å². The second-order valence-corrected chi connectivity index (χ2v) is 8.22. The minimum Gasteiger partial charge on any atom is -0.497 e. The number of benzene rings is 1. The molecule has 11 heteroatoms. The molecule has 0 saturated carbocycles. The van der Waals surface area contributed by atoms with Gasteiger partial charge in [0.15, 0.2) is 16.4 Å². The lowest BCUT2D eigenvalue weighted by atomic mass is 10.1. The number of hydrogen-bond donors (Lipinski definition) is 2. The molecule has 1 saturated heterocycles. The largest absolute Gasteiger partial charge is 0.497 e. The molecule has 2 N–H and O–H groups in total. The summed E-state index contributed by atoms with van der Waals surface area (Å²) >= 11 is 0. The van der Waals surface area contributed by atoms with Crippen LogP contribution in [0.15, 0.2) is 18.2 Å². The second kappa shape index (κ2) is 8.80. The van der Waals surface area contributed by atoms with Gasteiger partial charge in [0.2, 0.25) is 5.91 Å². The lowest BCUT2D eigenvalue weighted by Crippen LogP contribution is -2.44. The Hall–Kier alpha value is -2.69. The number of rotatable bonds is 6. The van der Waals surface area contributed by atoms with Gasteiger partial charge >= 0.3 is 5.97 Å². The van der Waals surface area contributed by atoms with Crippen molar-refractivity contribution in [1.82, 2.24) is 10.9 Å². The van der Waals surface area contributed by atoms with Gasteiger partial charge in [-0.1, -0.05) is 0 Å². The van der Waals surface area contributed by atoms with Crippen LogP contribution in [0.1, 0.15) is 23.2 Å². The van der Waals surface area contributed by atoms with Crippen molar-refractivity contribution in [3.8, 4) is 5.75 Å². The first-order valence-corrected chi connectivity index (χ1v) is 9.81. The fourth-order valence-corrected chi connectivity index (χ4v) is 4.38. The number of ether oxygens (including phenoxy) is 2. The van der Waals surface area contributed by atoms with Crippen LogP contribution in [-0.2, 0) is 24.2 Å². The highest BCUT2D eigenvalue weighted by Crippen LogP contribution is 2.21. The van der Waals surface area contributed by atoms with Crippen molar-refractivity contribution in [1.29, 1.82) is 0 Å². The molecule has 0 aromatic heterocycles. The van der Waals surface area contributed by atoms with E-state index in [2.05, 4.69) is 10.2 Å². The van der Waals surface area contributed by atoms with E-state index in [-0.39, 0.29) is 35.2 Å². The molecular formula is C16H19FN2O7S. The maximum atomic E-state index is 13.7. The average molecular weight is 402 g/mol. The van der Waals surface area contributed by atoms with E-state index in [0.717, 1.165) is 12.1 Å². The molecule has 0 bridgehead atoms. The molecule has 1 aromatic carbocycles. The van der Waals surface area contributed by atoms with Crippen molar-refractivity contribution in [2.45, 2.75) is 12.8 Å². The predicted octanol–water partition coefficient (Wildman–Crippen LogP) is -0.0367. The molecule has 0 unspecified atom stereocenters. The van der Waals surface area contributed by atoms with E-state index in [1.165, 1.54) is 13.2 Å². The first-order chi connectivity index (χ1) is 12.7. The molecule has 2 amide bonds. The number of esters is 1. The molecule has 0 radical (unpaired) electrons. The van der Waals surface area contributed by atoms with Crippen LogP contribution in [0.25, 0.3) is 0 Å². The van der Waals surface area contributed by atoms with Gasteiger partial charge in [-0.05, 0) is 24.5 Å². The lowest BCUT2D eigenvalue weighted by Gasteiger charge is -2.10. The number of hydrogen-bond acceptors (Lipinski definition) is 7. The van der Waals surface area contributed by atoms with E-state index < -0.39 is 40.0 Å². The standard InChI is InChI=1S/C16H19FN2O7S/c1-25-11-2-3-12(13(17)7-11)16(22)26-8-15(21)19-18-14(20)6-10-4-5-27(23,24)9-10/h2-3,7,10H,4-6,8-9H2,1H3,(H,18,20)(H,19,21)/t10-/m0/s1. The van der Waals surface area contributed by atoms with Crippen LogP contribution < -0.4 is 15.6 Å². The Morgan fingerprint density at radius 3 is 2.52 bits per heavy atom. The third-order valence-electron chi connectivity index (χ3n) is 3.87. The molecule has 9 nitrogen and oxygen atoms in total. The summed E-state index contributed by atoms with van der Waals surface area (Å²) in [6.07, 6.45) is 0.352. The van der Waals surface area contributed by atoms with Crippen molar-refractivity contribution in [3.63, 3.8) is 0 Å². The number of amides is 2. The predicted molar refractivity (Wildman–Crippen MR) is 90.9 cm³/mol. The van der Waals surface area contributed by atoms with E-state index >= 15 is 0 Å². The van der Waals surface area contributed by atoms with Gasteiger partial charge in [-0.15, -0.1) is 0 Å². The maximum absolute atomic E-state index is 13.7. The normalized spacial score (nSPS) is 17.8. The fraction of sp³-hybridized carbons (Fsp3) is 0.438. The quantitative estimate of drug-likeness (QED) is 0.505. The Bertz CT molecular complexity index is 841. The number of hydrazine groups is 1. The van der Waals surface area contributed by atoms with Gasteiger partial charge in [-0.2, -0.15) is 0 Å². The Balaban J connectivity index is 1.73. The minimum atomic E-state index is -3.09. The Morgan fingerprint density at radius 1 is 1.22 bits per heavy atom. The Kier molecular flexibility index (Phi) is 6.72. The number of carbonyl (C=O) groups is 3. The summed E-state index contributed by atoms with van der Waals surface area (Å²) in [6.45, 7) is -0.734. The van der Waals surface area contributed by atoms with Crippen molar-refractivity contribution in [2.24, 2.45) is 5.92 Å². The Morgan fingerprint density at radius 2 is 1.93 bits per heavy atom. The van der Waals surface area contributed by atoms with Crippen molar-refractivity contribution in [2.75, 3.05) is 25.2 Å². The van der Waals surface area contributed by atoms with Gasteiger partial charge in [-0.25, -0.2) is 17.6 Å². The highest BCUT2D eigenvalue weighted by molar-refractivity contribution is 7.91. The minimum absolute atomic E-state index is 0.0453. The molecule has 1 aromatic rings. The van der Waals surface area contributed by atoms with Gasteiger partial charge in [0.25, 0.3) is 5.91 Å². The molecular weight excluding hydrogens is 383 g/mol. The zero-order valence-corrected chi connectivity index (χ0v) is 15.3. The maximum Gasteiger partial charge on any atom is 0.341 e. The SMILES string of the molecule is COc1ccc(C(=O)OCC(=O)NNC(=O)C[C@@H]2CCS(=O)(=O)C2)c(F)c1. The van der Waals surface area contributed by atoms with E-state index in [4.69, 9.17) is 4.74 Å². The van der Waals surface area contributed by atoms with Gasteiger partial charge < -0.3 is 9.47 Å². The van der Waals surface area contributed by atoms with Gasteiger partial charge in [-0.3, -0.25) is 20.4 Å². The molecule has 0 spiro atoms. The van der Waals surface area contributed by atoms with Crippen LogP contribution in [0.5, 0.6) is 5.75 Å². The van der Waals surface area contributed by atoms with Crippen molar-refractivity contribution >= 4 is 27.6 Å². The highest BCUT2D eigenvalue weighted by atomic mass is 32.2. The highest BCUT2D eigenvalue weighted by Gasteiger charge is 2.29. The van der Waals surface area contributed by atoms with Crippen LogP contribution in [0.4, 0.5) is 4.39 Å². The third kappa shape index (κ3) is 6.20. The molecule has 0 aliphatic carbocycles. The summed E-state index contributed by atoms with van der Waals surface area (Å²) in [7, 11) is -1.74. The first kappa shape index (κ1) is 20.6. The van der Waals surface area contributed by atoms with E-state index in [1.54, 1.807) is 0 Å². The first-order valence-electron chi connectivity index (χ1n) is 7.99. The zero-order chi connectivity index (χ0) is 20.0. The van der Waals surface area contributed by atoms with Gasteiger partial charge in [0, 0.05) is 12.5 Å². The van der Waals surface area contributed by atoms with Gasteiger partial charge in [0.1, 0.15) is 11.6 Å². The van der Waals surface area contributed by atoms with E-state index in [9.17, 15) is 27.2 Å². The molecule has 2 rings (SSSR count). The summed E-state index contributed by atoms with van der Waals surface area (Å²) in [5.41, 5.74) is 3.78. The summed E-state index contributed by atoms with van der Waals surface area (Å²) in [4.78, 5) is 35.1. The van der Waals surface area contributed by atoms with E-state index in [0.29, 0.717) is 6.42 Å². The Labute approximate surface area is 155 Å². The van der Waals surface area contributed by atoms with Gasteiger partial charge in [0.05, 0.1) is 24.2 Å². The second-order valence-electron chi connectivity index (χ2n) is 5.99. The van der Waals surface area contributed by atoms with Crippen molar-refractivity contribution in [3.05, 3.63) is 29.6 Å². The van der Waals surface area contributed by atoms with Crippen LogP contribution >= 0.6 is 0 Å². The molecule has 27 heavy (non-hydrogen) atoms. The summed E-state index contributed by atoms with van der Waals surface area (Å²) in [6, 6.07) is 3.52. The number of nitrogens with one attached hydrogen (secondary N) is 2. The van der Waals surface area contributed by atoms with Crippen LogP contribution in [0.3, 0.4) is 0 Å². The molecule has 148 valence electrons. The monoisotopic (exact) mass is 402 g/mol. The number of carbonyl (C=O) groups excluding carboxylic acids is 3. The smallest absolute Gasteiger partial charge is 0.341 e. The third-order valence-corrected chi connectivity index (χ3v) is 5.71. The summed E-state index contributed by atoms with van der Waals surface area (Å²) < 4.78 is 45.9. The molecule has 1 fully saturated rings. The number of methoxy groups -OCH3 is 1. The van der Waals surface area contributed by atoms with Crippen LogP contribution in [0.2, 0.25) is 0 Å². The molecule has 1 heterocycles. The van der Waals surface area contributed by atoms with Crippen molar-refractivity contribution < 1.29 is 36.7 Å². The number of halogens is 1. The molecule has 1 aliphatic rings. The van der Waals surface area contributed by atoms with Crippen LogP contribution in [0, 0.1) is 11.7 Å². The molecule has 1 aliphatic heterocycles. The lowest BCUT2D eigenvalue weighted by molar-refractivity contribution is -0.131. The summed E-state index contributed by atoms with van der Waals surface area (Å²) in [5.74, 6) is -3.37. The zero-order valence-electron chi connectivity index (χ0n) is 14.5. The van der Waals surface area contributed by atoms with E-state index in [1.807, 2.05) is 5.43 Å². The average Bonchev–Trinajstić information content (AvgIpc) is 2.96.